The molecule has 3 amide bonds. The number of aliphatic carboxylic acids is 1. The maximum absolute atomic E-state index is 13.1. The van der Waals surface area contributed by atoms with Crippen LogP contribution in [0.15, 0.2) is 35.3 Å². The van der Waals surface area contributed by atoms with Crippen molar-refractivity contribution in [1.29, 1.82) is 0 Å². The minimum Gasteiger partial charge on any atom is -0.480 e. The normalized spacial score (nSPS) is 13.9. The molecule has 0 bridgehead atoms. The van der Waals surface area contributed by atoms with E-state index in [1.54, 1.807) is 30.3 Å². The third kappa shape index (κ3) is 12.5. The predicted octanol–water partition coefficient (Wildman–Crippen LogP) is -2.73. The summed E-state index contributed by atoms with van der Waals surface area (Å²) in [6.45, 7) is -0.0942. The van der Waals surface area contributed by atoms with Crippen molar-refractivity contribution < 1.29 is 29.4 Å². The van der Waals surface area contributed by atoms with E-state index in [2.05, 4.69) is 20.9 Å². The number of guanidine groups is 1. The molecule has 38 heavy (non-hydrogen) atoms. The summed E-state index contributed by atoms with van der Waals surface area (Å²) in [5.41, 5.74) is 22.5. The molecule has 1 rings (SSSR count). The monoisotopic (exact) mass is 536 g/mol. The van der Waals surface area contributed by atoms with Gasteiger partial charge >= 0.3 is 5.97 Å². The van der Waals surface area contributed by atoms with Crippen molar-refractivity contribution in [2.45, 2.75) is 62.7 Å². The molecule has 1 aromatic rings. The smallest absolute Gasteiger partial charge is 0.326 e. The molecule has 0 radical (unpaired) electrons. The summed E-state index contributed by atoms with van der Waals surface area (Å²) < 4.78 is 0. The average Bonchev–Trinajstić information content (AvgIpc) is 2.88. The van der Waals surface area contributed by atoms with E-state index in [1.807, 2.05) is 0 Å². The lowest BCUT2D eigenvalue weighted by atomic mass is 10.0. The third-order valence-electron chi connectivity index (χ3n) is 5.60. The first-order valence-electron chi connectivity index (χ1n) is 12.4. The van der Waals surface area contributed by atoms with Crippen molar-refractivity contribution >= 4 is 29.7 Å². The van der Waals surface area contributed by atoms with Crippen LogP contribution in [0.25, 0.3) is 0 Å². The van der Waals surface area contributed by atoms with Gasteiger partial charge in [-0.25, -0.2) is 4.79 Å². The van der Waals surface area contributed by atoms with Crippen LogP contribution in [0.3, 0.4) is 0 Å². The number of rotatable bonds is 18. The van der Waals surface area contributed by atoms with Gasteiger partial charge in [0.15, 0.2) is 5.96 Å². The fourth-order valence-corrected chi connectivity index (χ4v) is 3.48. The van der Waals surface area contributed by atoms with E-state index >= 15 is 0 Å². The van der Waals surface area contributed by atoms with Crippen LogP contribution in [0.1, 0.15) is 37.7 Å². The first-order valence-corrected chi connectivity index (χ1v) is 12.4. The van der Waals surface area contributed by atoms with Crippen molar-refractivity contribution in [2.24, 2.45) is 27.9 Å². The molecule has 1 aromatic carbocycles. The first-order chi connectivity index (χ1) is 18.1. The molecule has 0 aromatic heterocycles. The fraction of sp³-hybridized carbons (Fsp3) is 0.542. The van der Waals surface area contributed by atoms with Crippen LogP contribution in [0.4, 0.5) is 0 Å². The summed E-state index contributed by atoms with van der Waals surface area (Å²) in [5.74, 6) is -3.53. The molecule has 0 aliphatic rings. The first kappa shape index (κ1) is 32.3. The summed E-state index contributed by atoms with van der Waals surface area (Å²) in [7, 11) is 0. The topological polar surface area (TPSA) is 261 Å². The zero-order valence-electron chi connectivity index (χ0n) is 21.3. The number of aliphatic imine (C=N–C) groups is 1. The zero-order valence-corrected chi connectivity index (χ0v) is 21.3. The Labute approximate surface area is 221 Å². The highest BCUT2D eigenvalue weighted by Crippen LogP contribution is 2.07. The molecule has 14 heteroatoms. The Morgan fingerprint density at radius 2 is 1.45 bits per heavy atom. The lowest BCUT2D eigenvalue weighted by molar-refractivity contribution is -0.142. The minimum absolute atomic E-state index is 0.0456. The highest BCUT2D eigenvalue weighted by molar-refractivity contribution is 5.94. The molecular weight excluding hydrogens is 496 g/mol. The van der Waals surface area contributed by atoms with Crippen LogP contribution in [0.2, 0.25) is 0 Å². The van der Waals surface area contributed by atoms with Gasteiger partial charge in [-0.2, -0.15) is 0 Å². The molecule has 0 saturated carbocycles. The van der Waals surface area contributed by atoms with Crippen LogP contribution in [-0.2, 0) is 25.6 Å². The van der Waals surface area contributed by atoms with Crippen LogP contribution in [-0.4, -0.2) is 83.7 Å². The van der Waals surface area contributed by atoms with Gasteiger partial charge in [0.25, 0.3) is 0 Å². The summed E-state index contributed by atoms with van der Waals surface area (Å²) in [6.07, 6.45) is 1.94. The Kier molecular flexibility index (Phi) is 15.0. The molecule has 4 atom stereocenters. The molecule has 0 spiro atoms. The van der Waals surface area contributed by atoms with E-state index in [0.29, 0.717) is 31.4 Å². The number of amides is 3. The average molecular weight is 537 g/mol. The largest absolute Gasteiger partial charge is 0.480 e. The van der Waals surface area contributed by atoms with Gasteiger partial charge in [0.2, 0.25) is 17.7 Å². The standard InChI is InChI=1S/C24H40N8O6/c25-11-5-4-10-17(23(37)38)30-21(35)18(13-15-7-2-1-3-8-15)31-22(36)19(14-33)32-20(34)16(26)9-6-12-29-24(27)28/h1-3,7-8,16-19,33H,4-6,9-14,25-26H2,(H,30,35)(H,31,36)(H,32,34)(H,37,38)(H4,27,28,29). The number of hydrogen-bond donors (Lipinski definition) is 9. The van der Waals surface area contributed by atoms with E-state index in [0.717, 1.165) is 0 Å². The van der Waals surface area contributed by atoms with Crippen molar-refractivity contribution in [1.82, 2.24) is 16.0 Å². The van der Waals surface area contributed by atoms with Gasteiger partial charge in [0.1, 0.15) is 18.1 Å². The Hall–Kier alpha value is -3.75. The van der Waals surface area contributed by atoms with E-state index in [-0.39, 0.29) is 31.8 Å². The summed E-state index contributed by atoms with van der Waals surface area (Å²) in [5, 5.41) is 26.6. The Balaban J connectivity index is 2.90. The number of carbonyl (C=O) groups is 4. The molecule has 4 unspecified atom stereocenters. The molecule has 0 aliphatic carbocycles. The van der Waals surface area contributed by atoms with Gasteiger partial charge in [-0.15, -0.1) is 0 Å². The van der Waals surface area contributed by atoms with Crippen LogP contribution >= 0.6 is 0 Å². The van der Waals surface area contributed by atoms with Gasteiger partial charge < -0.3 is 49.1 Å². The van der Waals surface area contributed by atoms with Crippen molar-refractivity contribution in [3.8, 4) is 0 Å². The number of nitrogens with zero attached hydrogens (tertiary/aromatic N) is 1. The molecule has 212 valence electrons. The van der Waals surface area contributed by atoms with Crippen LogP contribution in [0, 0.1) is 0 Å². The number of hydrogen-bond acceptors (Lipinski definition) is 8. The zero-order chi connectivity index (χ0) is 28.5. The molecule has 0 heterocycles. The number of nitrogens with one attached hydrogen (secondary N) is 3. The second-order valence-electron chi connectivity index (χ2n) is 8.73. The van der Waals surface area contributed by atoms with Gasteiger partial charge in [-0.1, -0.05) is 30.3 Å². The number of unbranched alkanes of at least 4 members (excludes halogenated alkanes) is 1. The third-order valence-corrected chi connectivity index (χ3v) is 5.60. The Morgan fingerprint density at radius 3 is 2.03 bits per heavy atom. The fourth-order valence-electron chi connectivity index (χ4n) is 3.48. The van der Waals surface area contributed by atoms with Crippen LogP contribution in [0.5, 0.6) is 0 Å². The Morgan fingerprint density at radius 1 is 0.842 bits per heavy atom. The molecule has 0 aliphatic heterocycles. The second kappa shape index (κ2) is 17.7. The van der Waals surface area contributed by atoms with Crippen molar-refractivity contribution in [3.63, 3.8) is 0 Å². The lowest BCUT2D eigenvalue weighted by Gasteiger charge is -2.24. The summed E-state index contributed by atoms with van der Waals surface area (Å²) >= 11 is 0. The summed E-state index contributed by atoms with van der Waals surface area (Å²) in [6, 6.07) is 4.05. The van der Waals surface area contributed by atoms with Gasteiger partial charge in [0.05, 0.1) is 12.6 Å². The maximum atomic E-state index is 13.1. The number of nitrogens with two attached hydrogens (primary N) is 4. The highest BCUT2D eigenvalue weighted by atomic mass is 16.4. The number of carboxylic acid groups (broad SMARTS) is 1. The van der Waals surface area contributed by atoms with Gasteiger partial charge in [-0.3, -0.25) is 19.4 Å². The molecule has 0 fully saturated rings. The Bertz CT molecular complexity index is 926. The SMILES string of the molecule is NCCCCC(NC(=O)C(Cc1ccccc1)NC(=O)C(CO)NC(=O)C(N)CCCN=C(N)N)C(=O)O. The van der Waals surface area contributed by atoms with Gasteiger partial charge in [-0.05, 0) is 44.2 Å². The van der Waals surface area contributed by atoms with E-state index < -0.39 is 54.5 Å². The molecule has 0 saturated heterocycles. The maximum Gasteiger partial charge on any atom is 0.326 e. The van der Waals surface area contributed by atoms with Gasteiger partial charge in [0, 0.05) is 13.0 Å². The van der Waals surface area contributed by atoms with Crippen LogP contribution < -0.4 is 38.9 Å². The number of benzene rings is 1. The second-order valence-corrected chi connectivity index (χ2v) is 8.73. The highest BCUT2D eigenvalue weighted by Gasteiger charge is 2.30. The quantitative estimate of drug-likeness (QED) is 0.0531. The van der Waals surface area contributed by atoms with E-state index in [1.165, 1.54) is 0 Å². The number of aliphatic hydroxyl groups is 1. The molecule has 14 nitrogen and oxygen atoms in total. The predicted molar refractivity (Wildman–Crippen MR) is 141 cm³/mol. The lowest BCUT2D eigenvalue weighted by Crippen LogP contribution is -2.58. The number of aliphatic hydroxyl groups excluding tert-OH is 1. The summed E-state index contributed by atoms with van der Waals surface area (Å²) in [4.78, 5) is 53.9. The number of carboxylic acids is 1. The molecule has 13 N–H and O–H groups in total. The van der Waals surface area contributed by atoms with E-state index in [9.17, 15) is 29.4 Å². The van der Waals surface area contributed by atoms with E-state index in [4.69, 9.17) is 22.9 Å². The molecular formula is C24H40N8O6. The van der Waals surface area contributed by atoms with Crippen molar-refractivity contribution in [3.05, 3.63) is 35.9 Å². The minimum atomic E-state index is -1.39. The number of carbonyl (C=O) groups excluding carboxylic acids is 3. The van der Waals surface area contributed by atoms with Crippen molar-refractivity contribution in [2.75, 3.05) is 19.7 Å².